The molecule has 0 atom stereocenters. The minimum atomic E-state index is -0.984. The SMILES string of the molecule is CCOC(=O)Oc1c(-c2ccc(OC)c(OC)c2)oc2ccccc2c1=O. The monoisotopic (exact) mass is 370 g/mol. The lowest BCUT2D eigenvalue weighted by molar-refractivity contribution is 0.103. The lowest BCUT2D eigenvalue weighted by Crippen LogP contribution is -2.17. The normalized spacial score (nSPS) is 10.5. The molecule has 0 fully saturated rings. The van der Waals surface area contributed by atoms with Gasteiger partial charge in [0.05, 0.1) is 26.2 Å². The molecule has 0 spiro atoms. The van der Waals surface area contributed by atoms with Gasteiger partial charge in [-0.15, -0.1) is 0 Å². The van der Waals surface area contributed by atoms with Crippen LogP contribution in [0.1, 0.15) is 6.92 Å². The molecule has 0 bridgehead atoms. The van der Waals surface area contributed by atoms with Gasteiger partial charge in [-0.05, 0) is 37.3 Å². The second-order valence-corrected chi connectivity index (χ2v) is 5.44. The van der Waals surface area contributed by atoms with E-state index in [0.717, 1.165) is 0 Å². The van der Waals surface area contributed by atoms with Crippen LogP contribution in [0, 0.1) is 0 Å². The van der Waals surface area contributed by atoms with Crippen LogP contribution >= 0.6 is 0 Å². The Kier molecular flexibility index (Phi) is 5.30. The van der Waals surface area contributed by atoms with Crippen LogP contribution in [-0.2, 0) is 4.74 Å². The summed E-state index contributed by atoms with van der Waals surface area (Å²) in [5, 5.41) is 0.293. The van der Waals surface area contributed by atoms with Crippen LogP contribution in [0.25, 0.3) is 22.3 Å². The predicted octanol–water partition coefficient (Wildman–Crippen LogP) is 4.01. The first-order valence-corrected chi connectivity index (χ1v) is 8.21. The summed E-state index contributed by atoms with van der Waals surface area (Å²) in [6.45, 7) is 1.75. The number of hydrogen-bond acceptors (Lipinski definition) is 7. The van der Waals surface area contributed by atoms with Crippen molar-refractivity contribution in [2.75, 3.05) is 20.8 Å². The molecule has 27 heavy (non-hydrogen) atoms. The topological polar surface area (TPSA) is 84.2 Å². The molecule has 0 radical (unpaired) electrons. The van der Waals surface area contributed by atoms with Crippen molar-refractivity contribution in [1.29, 1.82) is 0 Å². The van der Waals surface area contributed by atoms with Crippen molar-refractivity contribution in [1.82, 2.24) is 0 Å². The Morgan fingerprint density at radius 1 is 1.04 bits per heavy atom. The quantitative estimate of drug-likeness (QED) is 0.627. The van der Waals surface area contributed by atoms with Crippen molar-refractivity contribution in [3.8, 4) is 28.6 Å². The zero-order valence-electron chi connectivity index (χ0n) is 15.1. The van der Waals surface area contributed by atoms with Gasteiger partial charge in [0, 0.05) is 5.56 Å². The zero-order valence-corrected chi connectivity index (χ0v) is 15.1. The molecular weight excluding hydrogens is 352 g/mol. The molecule has 7 nitrogen and oxygen atoms in total. The minimum Gasteiger partial charge on any atom is -0.493 e. The molecule has 3 aromatic rings. The first-order valence-electron chi connectivity index (χ1n) is 8.21. The summed E-state index contributed by atoms with van der Waals surface area (Å²) in [5.41, 5.74) is 0.369. The van der Waals surface area contributed by atoms with E-state index in [9.17, 15) is 9.59 Å². The molecule has 0 aliphatic heterocycles. The van der Waals surface area contributed by atoms with E-state index in [2.05, 4.69) is 0 Å². The third-order valence-electron chi connectivity index (χ3n) is 3.85. The third-order valence-corrected chi connectivity index (χ3v) is 3.85. The van der Waals surface area contributed by atoms with Crippen LogP contribution in [0.15, 0.2) is 51.7 Å². The van der Waals surface area contributed by atoms with E-state index >= 15 is 0 Å². The number of fused-ring (bicyclic) bond motifs is 1. The molecule has 0 aliphatic carbocycles. The number of hydrogen-bond donors (Lipinski definition) is 0. The lowest BCUT2D eigenvalue weighted by Gasteiger charge is -2.12. The van der Waals surface area contributed by atoms with Gasteiger partial charge in [-0.3, -0.25) is 4.79 Å². The molecule has 1 heterocycles. The fourth-order valence-electron chi connectivity index (χ4n) is 2.62. The molecule has 0 unspecified atom stereocenters. The van der Waals surface area contributed by atoms with E-state index in [1.54, 1.807) is 49.4 Å². The highest BCUT2D eigenvalue weighted by atomic mass is 16.7. The summed E-state index contributed by atoms with van der Waals surface area (Å²) in [6.07, 6.45) is -0.984. The van der Waals surface area contributed by atoms with E-state index in [1.165, 1.54) is 14.2 Å². The van der Waals surface area contributed by atoms with E-state index in [1.807, 2.05) is 0 Å². The maximum atomic E-state index is 12.9. The van der Waals surface area contributed by atoms with Gasteiger partial charge in [-0.25, -0.2) is 4.79 Å². The van der Waals surface area contributed by atoms with Crippen molar-refractivity contribution < 1.29 is 28.2 Å². The predicted molar refractivity (Wildman–Crippen MR) is 98.7 cm³/mol. The van der Waals surface area contributed by atoms with E-state index in [-0.39, 0.29) is 18.1 Å². The van der Waals surface area contributed by atoms with Crippen molar-refractivity contribution in [3.05, 3.63) is 52.7 Å². The molecule has 3 rings (SSSR count). The smallest absolute Gasteiger partial charge is 0.493 e. The van der Waals surface area contributed by atoms with Crippen LogP contribution in [-0.4, -0.2) is 27.0 Å². The van der Waals surface area contributed by atoms with Gasteiger partial charge >= 0.3 is 6.16 Å². The Morgan fingerprint density at radius 2 is 1.78 bits per heavy atom. The highest BCUT2D eigenvalue weighted by Gasteiger charge is 2.22. The van der Waals surface area contributed by atoms with Crippen molar-refractivity contribution in [3.63, 3.8) is 0 Å². The minimum absolute atomic E-state index is 0.0905. The second-order valence-electron chi connectivity index (χ2n) is 5.44. The van der Waals surface area contributed by atoms with E-state index in [0.29, 0.717) is 28.0 Å². The Labute approximate surface area is 155 Å². The summed E-state index contributed by atoms with van der Waals surface area (Å²) in [7, 11) is 3.01. The molecule has 7 heteroatoms. The molecule has 1 aromatic heterocycles. The Balaban J connectivity index is 2.24. The molecule has 2 aromatic carbocycles. The number of ether oxygens (including phenoxy) is 4. The van der Waals surface area contributed by atoms with Crippen molar-refractivity contribution in [2.45, 2.75) is 6.92 Å². The highest BCUT2D eigenvalue weighted by molar-refractivity contribution is 5.83. The summed E-state index contributed by atoms with van der Waals surface area (Å²) < 4.78 is 26.4. The highest BCUT2D eigenvalue weighted by Crippen LogP contribution is 2.36. The standard InChI is InChI=1S/C20H18O7/c1-4-25-20(22)27-19-17(21)13-7-5-6-8-14(13)26-18(19)12-9-10-15(23-2)16(11-12)24-3/h5-11H,4H2,1-3H3. The fourth-order valence-corrected chi connectivity index (χ4v) is 2.62. The third kappa shape index (κ3) is 3.57. The Morgan fingerprint density at radius 3 is 2.48 bits per heavy atom. The van der Waals surface area contributed by atoms with Crippen LogP contribution in [0.4, 0.5) is 4.79 Å². The number of benzene rings is 2. The first kappa shape index (κ1) is 18.3. The maximum absolute atomic E-state index is 12.9. The van der Waals surface area contributed by atoms with Gasteiger partial charge in [0.2, 0.25) is 11.2 Å². The van der Waals surface area contributed by atoms with Gasteiger partial charge in [0.1, 0.15) is 5.58 Å². The second kappa shape index (κ2) is 7.82. The molecule has 0 saturated heterocycles. The number of para-hydroxylation sites is 1. The molecule has 0 amide bonds. The molecular formula is C20H18O7. The molecule has 0 aliphatic rings. The number of carbonyl (C=O) groups excluding carboxylic acids is 1. The van der Waals surface area contributed by atoms with E-state index < -0.39 is 11.6 Å². The largest absolute Gasteiger partial charge is 0.514 e. The molecule has 0 saturated carbocycles. The van der Waals surface area contributed by atoms with Gasteiger partial charge in [-0.2, -0.15) is 0 Å². The summed E-state index contributed by atoms with van der Waals surface area (Å²) in [4.78, 5) is 24.7. The van der Waals surface area contributed by atoms with Gasteiger partial charge in [0.25, 0.3) is 0 Å². The van der Waals surface area contributed by atoms with Crippen LogP contribution in [0.2, 0.25) is 0 Å². The Bertz CT molecular complexity index is 1040. The molecule has 140 valence electrons. The average Bonchev–Trinajstić information content (AvgIpc) is 2.69. The van der Waals surface area contributed by atoms with Crippen LogP contribution in [0.5, 0.6) is 17.2 Å². The Hall–Kier alpha value is -3.48. The fraction of sp³-hybridized carbons (Fsp3) is 0.200. The summed E-state index contributed by atoms with van der Waals surface area (Å²) >= 11 is 0. The van der Waals surface area contributed by atoms with Crippen LogP contribution < -0.4 is 19.6 Å². The first-order chi connectivity index (χ1) is 13.1. The number of rotatable bonds is 5. The summed E-state index contributed by atoms with van der Waals surface area (Å²) in [5.74, 6) is 0.789. The van der Waals surface area contributed by atoms with Gasteiger partial charge < -0.3 is 23.4 Å². The van der Waals surface area contributed by atoms with Crippen LogP contribution in [0.3, 0.4) is 0 Å². The van der Waals surface area contributed by atoms with Gasteiger partial charge in [0.15, 0.2) is 17.3 Å². The average molecular weight is 370 g/mol. The number of carbonyl (C=O) groups is 1. The lowest BCUT2D eigenvalue weighted by atomic mass is 10.1. The summed E-state index contributed by atoms with van der Waals surface area (Å²) in [6, 6.07) is 11.7. The van der Waals surface area contributed by atoms with Crippen molar-refractivity contribution in [2.24, 2.45) is 0 Å². The van der Waals surface area contributed by atoms with E-state index in [4.69, 9.17) is 23.4 Å². The number of methoxy groups -OCH3 is 2. The van der Waals surface area contributed by atoms with Crippen molar-refractivity contribution >= 4 is 17.1 Å². The zero-order chi connectivity index (χ0) is 19.4. The maximum Gasteiger partial charge on any atom is 0.514 e. The van der Waals surface area contributed by atoms with Gasteiger partial charge in [-0.1, -0.05) is 12.1 Å². The molecule has 0 N–H and O–H groups in total.